The van der Waals surface area contributed by atoms with Crippen LogP contribution in [-0.2, 0) is 9.47 Å². The average Bonchev–Trinajstić information content (AvgIpc) is 2.74. The van der Waals surface area contributed by atoms with Crippen molar-refractivity contribution in [2.75, 3.05) is 32.1 Å². The van der Waals surface area contributed by atoms with Crippen LogP contribution in [0.1, 0.15) is 23.7 Å². The Hall–Kier alpha value is -1.86. The van der Waals surface area contributed by atoms with Crippen molar-refractivity contribution in [2.24, 2.45) is 0 Å². The normalized spacial score (nSPS) is 18.3. The second-order valence-electron chi connectivity index (χ2n) is 5.22. The van der Waals surface area contributed by atoms with Gasteiger partial charge in [0, 0.05) is 25.4 Å². The van der Waals surface area contributed by atoms with Crippen LogP contribution >= 0.6 is 11.6 Å². The van der Waals surface area contributed by atoms with Gasteiger partial charge in [-0.2, -0.15) is 0 Å². The summed E-state index contributed by atoms with van der Waals surface area (Å²) in [6.07, 6.45) is 0.667. The zero-order valence-corrected chi connectivity index (χ0v) is 13.7. The first kappa shape index (κ1) is 17.5. The van der Waals surface area contributed by atoms with Crippen LogP contribution in [0.25, 0.3) is 0 Å². The molecular formula is C15H18ClFN2O4. The molecule has 0 saturated carbocycles. The molecule has 0 bridgehead atoms. The Bertz CT molecular complexity index is 611. The molecule has 0 aromatic heterocycles. The Morgan fingerprint density at radius 3 is 2.91 bits per heavy atom. The Morgan fingerprint density at radius 1 is 1.48 bits per heavy atom. The first-order valence-corrected chi connectivity index (χ1v) is 7.55. The predicted octanol–water partition coefficient (Wildman–Crippen LogP) is 2.91. The second kappa shape index (κ2) is 7.61. The number of esters is 1. The van der Waals surface area contributed by atoms with E-state index < -0.39 is 11.8 Å². The molecule has 1 aliphatic rings. The number of hydrogen-bond donors (Lipinski definition) is 1. The van der Waals surface area contributed by atoms with Gasteiger partial charge in [-0.3, -0.25) is 0 Å². The lowest BCUT2D eigenvalue weighted by atomic mass is 10.2. The smallest absolute Gasteiger partial charge is 0.340 e. The summed E-state index contributed by atoms with van der Waals surface area (Å²) in [6, 6.07) is 2.09. The van der Waals surface area contributed by atoms with Crippen LogP contribution in [0.3, 0.4) is 0 Å². The highest BCUT2D eigenvalue weighted by molar-refractivity contribution is 6.31. The Morgan fingerprint density at radius 2 is 2.22 bits per heavy atom. The van der Waals surface area contributed by atoms with E-state index in [0.717, 1.165) is 13.5 Å². The molecule has 1 aliphatic heterocycles. The number of benzene rings is 1. The fourth-order valence-electron chi connectivity index (χ4n) is 2.30. The molecule has 6 nitrogen and oxygen atoms in total. The molecule has 1 heterocycles. The summed E-state index contributed by atoms with van der Waals surface area (Å²) >= 11 is 5.77. The van der Waals surface area contributed by atoms with Crippen LogP contribution in [-0.4, -0.2) is 49.8 Å². The standard InChI is InChI=1S/C15H18ClFN2O4/c1-9-8-19(4-3-5-23-9)15(21)18-10-6-11(14(20)22-2)13(17)12(16)7-10/h6-7,9H,3-5,8H2,1-2H3,(H,18,21)/t9-/m1/s1. The van der Waals surface area contributed by atoms with Crippen LogP contribution in [0.2, 0.25) is 5.02 Å². The molecule has 1 N–H and O–H groups in total. The topological polar surface area (TPSA) is 67.9 Å². The van der Waals surface area contributed by atoms with E-state index in [1.165, 1.54) is 12.1 Å². The number of hydrogen-bond acceptors (Lipinski definition) is 4. The monoisotopic (exact) mass is 344 g/mol. The number of halogens is 2. The number of amides is 2. The maximum Gasteiger partial charge on any atom is 0.340 e. The highest BCUT2D eigenvalue weighted by Gasteiger charge is 2.22. The van der Waals surface area contributed by atoms with Gasteiger partial charge in [0.25, 0.3) is 0 Å². The SMILES string of the molecule is COC(=O)c1cc(NC(=O)N2CCCO[C@H](C)C2)cc(Cl)c1F. The van der Waals surface area contributed by atoms with Gasteiger partial charge in [-0.15, -0.1) is 0 Å². The maximum atomic E-state index is 13.8. The molecule has 0 spiro atoms. The summed E-state index contributed by atoms with van der Waals surface area (Å²) in [5, 5.41) is 2.35. The first-order valence-electron chi connectivity index (χ1n) is 7.17. The molecule has 0 radical (unpaired) electrons. The molecule has 1 aromatic carbocycles. The minimum atomic E-state index is -0.881. The number of ether oxygens (including phenoxy) is 2. The minimum absolute atomic E-state index is 0.0642. The lowest BCUT2D eigenvalue weighted by Crippen LogP contribution is -2.39. The molecule has 0 aliphatic carbocycles. The molecule has 8 heteroatoms. The second-order valence-corrected chi connectivity index (χ2v) is 5.63. The number of anilines is 1. The van der Waals surface area contributed by atoms with Gasteiger partial charge < -0.3 is 19.7 Å². The summed E-state index contributed by atoms with van der Waals surface area (Å²) in [5.41, 5.74) is -0.109. The number of nitrogens with zero attached hydrogens (tertiary/aromatic N) is 1. The number of methoxy groups -OCH3 is 1. The van der Waals surface area contributed by atoms with Crippen molar-refractivity contribution in [3.05, 3.63) is 28.5 Å². The quantitative estimate of drug-likeness (QED) is 0.838. The summed E-state index contributed by atoms with van der Waals surface area (Å²) < 4.78 is 23.8. The molecular weight excluding hydrogens is 327 g/mol. The molecule has 1 saturated heterocycles. The van der Waals surface area contributed by atoms with Crippen molar-refractivity contribution in [2.45, 2.75) is 19.4 Å². The average molecular weight is 345 g/mol. The van der Waals surface area contributed by atoms with E-state index in [-0.39, 0.29) is 28.4 Å². The number of urea groups is 1. The van der Waals surface area contributed by atoms with Gasteiger partial charge >= 0.3 is 12.0 Å². The third kappa shape index (κ3) is 4.33. The van der Waals surface area contributed by atoms with Gasteiger partial charge in [0.2, 0.25) is 0 Å². The van der Waals surface area contributed by atoms with Gasteiger partial charge in [-0.25, -0.2) is 14.0 Å². The van der Waals surface area contributed by atoms with Crippen LogP contribution in [0.15, 0.2) is 12.1 Å². The fourth-order valence-corrected chi connectivity index (χ4v) is 2.52. The summed E-state index contributed by atoms with van der Waals surface area (Å²) in [4.78, 5) is 25.5. The van der Waals surface area contributed by atoms with Crippen molar-refractivity contribution in [3.8, 4) is 0 Å². The molecule has 2 rings (SSSR count). The molecule has 1 fully saturated rings. The van der Waals surface area contributed by atoms with E-state index in [4.69, 9.17) is 16.3 Å². The Kier molecular flexibility index (Phi) is 5.79. The van der Waals surface area contributed by atoms with Crippen molar-refractivity contribution >= 4 is 29.3 Å². The number of carbonyl (C=O) groups is 2. The van der Waals surface area contributed by atoms with Crippen molar-refractivity contribution in [3.63, 3.8) is 0 Å². The van der Waals surface area contributed by atoms with E-state index in [1.807, 2.05) is 6.92 Å². The first-order chi connectivity index (χ1) is 10.9. The Labute approximate surface area is 138 Å². The van der Waals surface area contributed by atoms with Crippen LogP contribution in [0.5, 0.6) is 0 Å². The van der Waals surface area contributed by atoms with Gasteiger partial charge in [-0.05, 0) is 25.5 Å². The lowest BCUT2D eigenvalue weighted by Gasteiger charge is -2.22. The predicted molar refractivity (Wildman–Crippen MR) is 83.4 cm³/mol. The van der Waals surface area contributed by atoms with Crippen molar-refractivity contribution in [1.82, 2.24) is 4.90 Å². The minimum Gasteiger partial charge on any atom is -0.465 e. The number of rotatable bonds is 2. The third-order valence-electron chi connectivity index (χ3n) is 3.42. The lowest BCUT2D eigenvalue weighted by molar-refractivity contribution is 0.0595. The van der Waals surface area contributed by atoms with Crippen molar-refractivity contribution < 1.29 is 23.5 Å². The Balaban J connectivity index is 2.17. The van der Waals surface area contributed by atoms with Crippen LogP contribution < -0.4 is 5.32 Å². The van der Waals surface area contributed by atoms with E-state index in [0.29, 0.717) is 19.7 Å². The van der Waals surface area contributed by atoms with E-state index in [2.05, 4.69) is 10.1 Å². The van der Waals surface area contributed by atoms with Gasteiger partial charge in [0.05, 0.1) is 23.8 Å². The molecule has 23 heavy (non-hydrogen) atoms. The molecule has 1 atom stereocenters. The zero-order chi connectivity index (χ0) is 17.0. The van der Waals surface area contributed by atoms with E-state index >= 15 is 0 Å². The van der Waals surface area contributed by atoms with E-state index in [1.54, 1.807) is 4.90 Å². The van der Waals surface area contributed by atoms with Crippen LogP contribution in [0.4, 0.5) is 14.9 Å². The van der Waals surface area contributed by atoms with Crippen LogP contribution in [0, 0.1) is 5.82 Å². The maximum absolute atomic E-state index is 13.8. The zero-order valence-electron chi connectivity index (χ0n) is 12.9. The molecule has 126 valence electrons. The summed E-state index contributed by atoms with van der Waals surface area (Å²) in [5.74, 6) is -1.74. The largest absolute Gasteiger partial charge is 0.465 e. The van der Waals surface area contributed by atoms with Gasteiger partial charge in [-0.1, -0.05) is 11.6 Å². The summed E-state index contributed by atoms with van der Waals surface area (Å²) in [6.45, 7) is 3.48. The molecule has 2 amide bonds. The summed E-state index contributed by atoms with van der Waals surface area (Å²) in [7, 11) is 1.14. The third-order valence-corrected chi connectivity index (χ3v) is 3.70. The fraction of sp³-hybridized carbons (Fsp3) is 0.467. The highest BCUT2D eigenvalue weighted by Crippen LogP contribution is 2.25. The number of nitrogens with one attached hydrogen (secondary N) is 1. The highest BCUT2D eigenvalue weighted by atomic mass is 35.5. The molecule has 1 aromatic rings. The molecule has 0 unspecified atom stereocenters. The van der Waals surface area contributed by atoms with Gasteiger partial charge in [0.1, 0.15) is 0 Å². The number of carbonyl (C=O) groups excluding carboxylic acids is 2. The van der Waals surface area contributed by atoms with Gasteiger partial charge in [0.15, 0.2) is 5.82 Å². The van der Waals surface area contributed by atoms with E-state index in [9.17, 15) is 14.0 Å². The van der Waals surface area contributed by atoms with Crippen molar-refractivity contribution in [1.29, 1.82) is 0 Å².